The van der Waals surface area contributed by atoms with Crippen LogP contribution in [0.4, 0.5) is 10.1 Å². The maximum absolute atomic E-state index is 13.1. The van der Waals surface area contributed by atoms with Crippen LogP contribution in [0.25, 0.3) is 0 Å². The average molecular weight is 482 g/mol. The molecule has 33 heavy (non-hydrogen) atoms. The molecule has 1 saturated heterocycles. The van der Waals surface area contributed by atoms with Crippen LogP contribution in [-0.4, -0.2) is 68.4 Å². The third-order valence-electron chi connectivity index (χ3n) is 5.41. The number of hydrogen-bond donors (Lipinski definition) is 0. The van der Waals surface area contributed by atoms with Gasteiger partial charge in [-0.1, -0.05) is 12.1 Å². The standard InChI is InChI=1S/C21H24FN3O7S/c1-15(16-3-5-17(22)6-4-16)23(2)21(26)14-32-20-8-7-18(13-19(20)25(27)28)33(29,30)24-9-11-31-12-10-24/h3-8,13,15H,9-12,14H2,1-2H3. The lowest BCUT2D eigenvalue weighted by Gasteiger charge is -2.26. The highest BCUT2D eigenvalue weighted by molar-refractivity contribution is 7.89. The van der Waals surface area contributed by atoms with Gasteiger partial charge in [-0.25, -0.2) is 12.8 Å². The van der Waals surface area contributed by atoms with E-state index >= 15 is 0 Å². The Labute approximate surface area is 190 Å². The Bertz CT molecular complexity index is 1120. The van der Waals surface area contributed by atoms with E-state index in [2.05, 4.69) is 0 Å². The normalized spacial score (nSPS) is 15.6. The van der Waals surface area contributed by atoms with Gasteiger partial charge >= 0.3 is 5.69 Å². The number of hydrogen-bond acceptors (Lipinski definition) is 7. The van der Waals surface area contributed by atoms with Crippen LogP contribution in [0.15, 0.2) is 47.4 Å². The molecule has 1 amide bonds. The lowest BCUT2D eigenvalue weighted by Crippen LogP contribution is -2.40. The Kier molecular flexibility index (Phi) is 7.61. The van der Waals surface area contributed by atoms with E-state index in [1.807, 2.05) is 0 Å². The molecule has 12 heteroatoms. The zero-order chi connectivity index (χ0) is 24.2. The van der Waals surface area contributed by atoms with E-state index < -0.39 is 45.0 Å². The molecule has 0 bridgehead atoms. The van der Waals surface area contributed by atoms with Gasteiger partial charge in [0.1, 0.15) is 5.82 Å². The predicted molar refractivity (Wildman–Crippen MR) is 116 cm³/mol. The third kappa shape index (κ3) is 5.64. The van der Waals surface area contributed by atoms with Crippen LogP contribution in [0.1, 0.15) is 18.5 Å². The highest BCUT2D eigenvalue weighted by Gasteiger charge is 2.29. The van der Waals surface area contributed by atoms with E-state index in [1.165, 1.54) is 40.5 Å². The summed E-state index contributed by atoms with van der Waals surface area (Å²) in [5, 5.41) is 11.5. The van der Waals surface area contributed by atoms with Gasteiger partial charge in [-0.15, -0.1) is 0 Å². The molecule has 0 spiro atoms. The van der Waals surface area contributed by atoms with Gasteiger partial charge in [0, 0.05) is 26.2 Å². The minimum atomic E-state index is -3.93. The van der Waals surface area contributed by atoms with E-state index in [0.29, 0.717) is 5.56 Å². The molecule has 178 valence electrons. The lowest BCUT2D eigenvalue weighted by atomic mass is 10.1. The molecule has 1 atom stereocenters. The number of benzene rings is 2. The molecule has 1 heterocycles. The van der Waals surface area contributed by atoms with E-state index in [9.17, 15) is 27.7 Å². The van der Waals surface area contributed by atoms with Crippen LogP contribution in [-0.2, 0) is 19.6 Å². The molecule has 2 aromatic carbocycles. The second-order valence-corrected chi connectivity index (χ2v) is 9.36. The van der Waals surface area contributed by atoms with Crippen molar-refractivity contribution in [2.75, 3.05) is 40.0 Å². The lowest BCUT2D eigenvalue weighted by molar-refractivity contribution is -0.386. The van der Waals surface area contributed by atoms with E-state index in [0.717, 1.165) is 6.07 Å². The zero-order valence-corrected chi connectivity index (χ0v) is 19.0. The fourth-order valence-corrected chi connectivity index (χ4v) is 4.71. The Hall–Kier alpha value is -3.09. The molecule has 0 saturated carbocycles. The largest absolute Gasteiger partial charge is 0.477 e. The quantitative estimate of drug-likeness (QED) is 0.419. The molecule has 1 aliphatic rings. The maximum atomic E-state index is 13.1. The summed E-state index contributed by atoms with van der Waals surface area (Å²) in [4.78, 5) is 24.5. The number of carbonyl (C=O) groups is 1. The van der Waals surface area contributed by atoms with Crippen molar-refractivity contribution in [1.29, 1.82) is 0 Å². The predicted octanol–water partition coefficient (Wildman–Crippen LogP) is 2.35. The zero-order valence-electron chi connectivity index (χ0n) is 18.1. The van der Waals surface area contributed by atoms with Crippen molar-refractivity contribution in [3.8, 4) is 5.75 Å². The van der Waals surface area contributed by atoms with Crippen molar-refractivity contribution < 1.29 is 32.0 Å². The molecule has 0 radical (unpaired) electrons. The average Bonchev–Trinajstić information content (AvgIpc) is 2.82. The van der Waals surface area contributed by atoms with Gasteiger partial charge in [-0.2, -0.15) is 4.31 Å². The molecule has 1 fully saturated rings. The second-order valence-electron chi connectivity index (χ2n) is 7.42. The number of carbonyl (C=O) groups excluding carboxylic acids is 1. The smallest absolute Gasteiger partial charge is 0.312 e. The van der Waals surface area contributed by atoms with E-state index in [-0.39, 0.29) is 36.9 Å². The summed E-state index contributed by atoms with van der Waals surface area (Å²) in [7, 11) is -2.40. The van der Waals surface area contributed by atoms with Crippen LogP contribution < -0.4 is 4.74 Å². The molecule has 1 aliphatic heterocycles. The molecule has 0 aliphatic carbocycles. The van der Waals surface area contributed by atoms with Crippen LogP contribution in [0.5, 0.6) is 5.75 Å². The number of likely N-dealkylation sites (N-methyl/N-ethyl adjacent to an activating group) is 1. The first-order valence-electron chi connectivity index (χ1n) is 10.1. The van der Waals surface area contributed by atoms with Crippen molar-refractivity contribution in [3.05, 3.63) is 64.0 Å². The molecule has 10 nitrogen and oxygen atoms in total. The fraction of sp³-hybridized carbons (Fsp3) is 0.381. The first kappa shape index (κ1) is 24.6. The van der Waals surface area contributed by atoms with E-state index in [1.54, 1.807) is 19.1 Å². The SMILES string of the molecule is CC(c1ccc(F)cc1)N(C)C(=O)COc1ccc(S(=O)(=O)N2CCOCC2)cc1[N+](=O)[O-]. The van der Waals surface area contributed by atoms with Crippen LogP contribution >= 0.6 is 0 Å². The Balaban J connectivity index is 1.73. The first-order chi connectivity index (χ1) is 15.6. The third-order valence-corrected chi connectivity index (χ3v) is 7.31. The van der Waals surface area contributed by atoms with Crippen LogP contribution in [0, 0.1) is 15.9 Å². The first-order valence-corrected chi connectivity index (χ1v) is 11.6. The summed E-state index contributed by atoms with van der Waals surface area (Å²) in [5.41, 5.74) is 0.141. The summed E-state index contributed by atoms with van der Waals surface area (Å²) < 4.78 is 50.4. The Morgan fingerprint density at radius 3 is 2.48 bits per heavy atom. The number of nitro groups is 1. The fourth-order valence-electron chi connectivity index (χ4n) is 3.28. The van der Waals surface area contributed by atoms with Crippen LogP contribution in [0.3, 0.4) is 0 Å². The molecule has 2 aromatic rings. The number of morpholine rings is 1. The van der Waals surface area contributed by atoms with Crippen LogP contribution in [0.2, 0.25) is 0 Å². The van der Waals surface area contributed by atoms with Gasteiger partial charge in [0.2, 0.25) is 10.0 Å². The molecular weight excluding hydrogens is 457 g/mol. The number of ether oxygens (including phenoxy) is 2. The van der Waals surface area contributed by atoms with Crippen molar-refractivity contribution in [2.45, 2.75) is 17.9 Å². The van der Waals surface area contributed by atoms with Gasteiger partial charge < -0.3 is 14.4 Å². The molecule has 3 rings (SSSR count). The molecule has 1 unspecified atom stereocenters. The number of rotatable bonds is 8. The van der Waals surface area contributed by atoms with Crippen molar-refractivity contribution >= 4 is 21.6 Å². The number of halogens is 1. The topological polar surface area (TPSA) is 119 Å². The molecule has 0 aromatic heterocycles. The summed E-state index contributed by atoms with van der Waals surface area (Å²) in [6, 6.07) is 8.61. The highest BCUT2D eigenvalue weighted by atomic mass is 32.2. The monoisotopic (exact) mass is 481 g/mol. The van der Waals surface area contributed by atoms with Gasteiger partial charge in [0.25, 0.3) is 5.91 Å². The Morgan fingerprint density at radius 1 is 1.24 bits per heavy atom. The minimum Gasteiger partial charge on any atom is -0.477 e. The van der Waals surface area contributed by atoms with Crippen molar-refractivity contribution in [1.82, 2.24) is 9.21 Å². The highest BCUT2D eigenvalue weighted by Crippen LogP contribution is 2.31. The number of nitrogens with zero attached hydrogens (tertiary/aromatic N) is 3. The number of amides is 1. The van der Waals surface area contributed by atoms with E-state index in [4.69, 9.17) is 9.47 Å². The molecule has 0 N–H and O–H groups in total. The number of nitro benzene ring substituents is 1. The van der Waals surface area contributed by atoms with Gasteiger partial charge in [0.15, 0.2) is 12.4 Å². The molecular formula is C21H24FN3O7S. The summed E-state index contributed by atoms with van der Waals surface area (Å²) in [6.45, 7) is 2.04. The summed E-state index contributed by atoms with van der Waals surface area (Å²) in [6.07, 6.45) is 0. The van der Waals surface area contributed by atoms with Gasteiger partial charge in [-0.05, 0) is 36.8 Å². The van der Waals surface area contributed by atoms with Crippen molar-refractivity contribution in [3.63, 3.8) is 0 Å². The minimum absolute atomic E-state index is 0.154. The Morgan fingerprint density at radius 2 is 1.88 bits per heavy atom. The second kappa shape index (κ2) is 10.2. The van der Waals surface area contributed by atoms with Gasteiger partial charge in [0.05, 0.1) is 29.1 Å². The summed E-state index contributed by atoms with van der Waals surface area (Å²) >= 11 is 0. The van der Waals surface area contributed by atoms with Gasteiger partial charge in [-0.3, -0.25) is 14.9 Å². The van der Waals surface area contributed by atoms with Crippen molar-refractivity contribution in [2.24, 2.45) is 0 Å². The number of sulfonamides is 1. The summed E-state index contributed by atoms with van der Waals surface area (Å²) in [5.74, 6) is -1.09. The maximum Gasteiger partial charge on any atom is 0.312 e.